The summed E-state index contributed by atoms with van der Waals surface area (Å²) < 4.78 is 18.3. The summed E-state index contributed by atoms with van der Waals surface area (Å²) in [6.07, 6.45) is 3.00. The van der Waals surface area contributed by atoms with Gasteiger partial charge in [0.05, 0.1) is 17.6 Å². The molecule has 2 aromatic carbocycles. The van der Waals surface area contributed by atoms with E-state index in [1.54, 1.807) is 23.9 Å². The van der Waals surface area contributed by atoms with Gasteiger partial charge in [0.15, 0.2) is 12.8 Å². The average molecular weight is 546 g/mol. The van der Waals surface area contributed by atoms with Crippen LogP contribution in [0.3, 0.4) is 0 Å². The van der Waals surface area contributed by atoms with Crippen LogP contribution in [-0.2, 0) is 6.54 Å². The summed E-state index contributed by atoms with van der Waals surface area (Å²) >= 11 is 0. The molecule has 0 spiro atoms. The number of hydrazine groups is 1. The number of carbonyl (C=O) groups excluding carboxylic acids is 1. The second-order valence-electron chi connectivity index (χ2n) is 10.3. The van der Waals surface area contributed by atoms with Crippen LogP contribution in [0.15, 0.2) is 65.6 Å². The number of carbonyl (C=O) groups is 1. The topological polar surface area (TPSA) is 91.3 Å². The van der Waals surface area contributed by atoms with Gasteiger partial charge in [0, 0.05) is 52.3 Å². The van der Waals surface area contributed by atoms with Crippen molar-refractivity contribution in [1.29, 1.82) is 0 Å². The number of hydrazone groups is 1. The Morgan fingerprint density at radius 2 is 1.80 bits per heavy atom. The van der Waals surface area contributed by atoms with Crippen molar-refractivity contribution in [1.82, 2.24) is 24.5 Å². The van der Waals surface area contributed by atoms with Crippen LogP contribution in [0.25, 0.3) is 11.0 Å². The summed E-state index contributed by atoms with van der Waals surface area (Å²) in [4.78, 5) is 39.3. The number of nitrogens with zero attached hydrogens (tertiary/aromatic N) is 7. The monoisotopic (exact) mass is 545 g/mol. The van der Waals surface area contributed by atoms with Gasteiger partial charge in [0.2, 0.25) is 11.9 Å². The summed E-state index contributed by atoms with van der Waals surface area (Å²) in [6, 6.07) is 15.4. The van der Waals surface area contributed by atoms with E-state index in [1.807, 2.05) is 44.0 Å². The van der Waals surface area contributed by atoms with E-state index in [0.29, 0.717) is 12.5 Å². The minimum Gasteiger partial charge on any atom is -0.342 e. The van der Waals surface area contributed by atoms with Crippen LogP contribution in [0.2, 0.25) is 0 Å². The molecule has 1 aliphatic heterocycles. The first-order valence-corrected chi connectivity index (χ1v) is 13.3. The molecule has 1 aliphatic rings. The van der Waals surface area contributed by atoms with Gasteiger partial charge in [-0.15, -0.1) is 10.1 Å². The molecule has 3 heterocycles. The van der Waals surface area contributed by atoms with Crippen LogP contribution in [0, 0.1) is 5.82 Å². The zero-order valence-corrected chi connectivity index (χ0v) is 23.2. The SMILES string of the molecule is CC(C)=[N+](C)NC(=O)n1c(N(C)C2CCN(c3nc4ccccc4n3Cc3ccc(F)cc3)CC2)nccc1=O. The Morgan fingerprint density at radius 1 is 1.10 bits per heavy atom. The molecule has 0 atom stereocenters. The third-order valence-electron chi connectivity index (χ3n) is 7.46. The third-order valence-corrected chi connectivity index (χ3v) is 7.46. The van der Waals surface area contributed by atoms with E-state index in [2.05, 4.69) is 25.9 Å². The highest BCUT2D eigenvalue weighted by Crippen LogP contribution is 2.28. The number of fused-ring (bicyclic) bond motifs is 1. The average Bonchev–Trinajstić information content (AvgIpc) is 3.31. The Morgan fingerprint density at radius 3 is 2.50 bits per heavy atom. The molecule has 0 bridgehead atoms. The molecule has 0 saturated carbocycles. The quantitative estimate of drug-likeness (QED) is 0.227. The highest BCUT2D eigenvalue weighted by molar-refractivity contribution is 5.80. The molecule has 5 rings (SSSR count). The molecule has 4 aromatic rings. The number of imidazole rings is 1. The number of benzene rings is 2. The van der Waals surface area contributed by atoms with E-state index in [0.717, 1.165) is 58.8 Å². The predicted octanol–water partition coefficient (Wildman–Crippen LogP) is 3.48. The second kappa shape index (κ2) is 11.3. The molecule has 1 saturated heterocycles. The number of para-hydroxylation sites is 2. The van der Waals surface area contributed by atoms with E-state index < -0.39 is 11.6 Å². The first-order chi connectivity index (χ1) is 19.2. The summed E-state index contributed by atoms with van der Waals surface area (Å²) in [7, 11) is 3.59. The van der Waals surface area contributed by atoms with Crippen molar-refractivity contribution < 1.29 is 13.9 Å². The first-order valence-electron chi connectivity index (χ1n) is 13.3. The Hall–Kier alpha value is -4.54. The molecule has 2 aromatic heterocycles. The number of nitrogens with one attached hydrogen (secondary N) is 1. The number of anilines is 2. The van der Waals surface area contributed by atoms with E-state index >= 15 is 0 Å². The van der Waals surface area contributed by atoms with Gasteiger partial charge in [-0.2, -0.15) is 4.57 Å². The van der Waals surface area contributed by atoms with Crippen molar-refractivity contribution >= 4 is 34.7 Å². The smallest absolute Gasteiger partial charge is 0.342 e. The summed E-state index contributed by atoms with van der Waals surface area (Å²) in [5.41, 5.74) is 6.08. The lowest BCUT2D eigenvalue weighted by molar-refractivity contribution is -0.544. The van der Waals surface area contributed by atoms with Crippen LogP contribution in [0.5, 0.6) is 0 Å². The van der Waals surface area contributed by atoms with E-state index in [4.69, 9.17) is 4.98 Å². The lowest BCUT2D eigenvalue weighted by Crippen LogP contribution is -2.48. The number of rotatable bonds is 6. The van der Waals surface area contributed by atoms with Gasteiger partial charge in [0.1, 0.15) is 5.82 Å². The third kappa shape index (κ3) is 5.45. The molecular weight excluding hydrogens is 511 g/mol. The zero-order chi connectivity index (χ0) is 28.4. The maximum Gasteiger partial charge on any atom is 0.384 e. The Balaban J connectivity index is 1.36. The molecule has 1 fully saturated rings. The van der Waals surface area contributed by atoms with E-state index in [-0.39, 0.29) is 11.9 Å². The normalized spacial score (nSPS) is 13.9. The van der Waals surface area contributed by atoms with Crippen LogP contribution < -0.4 is 20.8 Å². The Bertz CT molecular complexity index is 1610. The Labute approximate surface area is 232 Å². The molecule has 40 heavy (non-hydrogen) atoms. The van der Waals surface area contributed by atoms with E-state index in [1.165, 1.54) is 24.4 Å². The minimum atomic E-state index is -0.560. The molecular formula is C29H34FN8O2+. The lowest BCUT2D eigenvalue weighted by Gasteiger charge is -2.38. The van der Waals surface area contributed by atoms with Crippen molar-refractivity contribution in [3.63, 3.8) is 0 Å². The zero-order valence-electron chi connectivity index (χ0n) is 23.2. The highest BCUT2D eigenvalue weighted by Gasteiger charge is 2.29. The van der Waals surface area contributed by atoms with Crippen molar-refractivity contribution in [3.8, 4) is 0 Å². The first kappa shape index (κ1) is 27.0. The number of piperidine rings is 1. The van der Waals surface area contributed by atoms with Crippen LogP contribution >= 0.6 is 0 Å². The van der Waals surface area contributed by atoms with Crippen LogP contribution in [-0.4, -0.2) is 68.8 Å². The second-order valence-corrected chi connectivity index (χ2v) is 10.3. The molecule has 1 N–H and O–H groups in total. The van der Waals surface area contributed by atoms with Gasteiger partial charge >= 0.3 is 6.03 Å². The number of halogens is 1. The number of aromatic nitrogens is 4. The molecule has 0 radical (unpaired) electrons. The van der Waals surface area contributed by atoms with Crippen molar-refractivity contribution in [3.05, 3.63) is 82.5 Å². The summed E-state index contributed by atoms with van der Waals surface area (Å²) in [6.45, 7) is 5.77. The minimum absolute atomic E-state index is 0.0664. The Kier molecular flexibility index (Phi) is 7.63. The fraction of sp³-hybridized carbons (Fsp3) is 0.345. The van der Waals surface area contributed by atoms with Crippen LogP contribution in [0.4, 0.5) is 21.1 Å². The number of hydrogen-bond acceptors (Lipinski definition) is 6. The van der Waals surface area contributed by atoms with Gasteiger partial charge in [-0.25, -0.2) is 19.2 Å². The predicted molar refractivity (Wildman–Crippen MR) is 154 cm³/mol. The summed E-state index contributed by atoms with van der Waals surface area (Å²) in [5.74, 6) is 0.913. The maximum absolute atomic E-state index is 13.5. The van der Waals surface area contributed by atoms with Gasteiger partial charge in [-0.3, -0.25) is 4.79 Å². The maximum atomic E-state index is 13.5. The molecule has 10 nitrogen and oxygen atoms in total. The number of amides is 1. The fourth-order valence-electron chi connectivity index (χ4n) is 4.99. The van der Waals surface area contributed by atoms with Crippen molar-refractivity contribution in [2.75, 3.05) is 37.0 Å². The molecule has 0 aliphatic carbocycles. The van der Waals surface area contributed by atoms with Gasteiger partial charge < -0.3 is 14.4 Å². The van der Waals surface area contributed by atoms with Crippen molar-refractivity contribution in [2.45, 2.75) is 39.3 Å². The van der Waals surface area contributed by atoms with Gasteiger partial charge in [0.25, 0.3) is 5.56 Å². The molecule has 1 amide bonds. The van der Waals surface area contributed by atoms with Crippen molar-refractivity contribution in [2.24, 2.45) is 0 Å². The van der Waals surface area contributed by atoms with Crippen LogP contribution in [0.1, 0.15) is 32.3 Å². The molecule has 11 heteroatoms. The number of hydrogen-bond donors (Lipinski definition) is 1. The molecule has 208 valence electrons. The standard InChI is InChI=1S/C29H33FN8O2/c1-20(2)35(4)33-29(40)38-26(39)13-16-31-27(38)34(3)23-14-17-36(18-15-23)28-32-24-7-5-6-8-25(24)37(28)19-21-9-11-22(30)12-10-21/h5-13,16,23H,14-15,17-19H2,1-4H3/p+1. The van der Waals surface area contributed by atoms with E-state index in [9.17, 15) is 14.0 Å². The molecule has 0 unspecified atom stereocenters. The fourth-order valence-corrected chi connectivity index (χ4v) is 4.99. The van der Waals surface area contributed by atoms with Gasteiger partial charge in [-0.1, -0.05) is 24.3 Å². The lowest BCUT2D eigenvalue weighted by atomic mass is 10.0. The summed E-state index contributed by atoms with van der Waals surface area (Å²) in [5, 5.41) is 0. The largest absolute Gasteiger partial charge is 0.384 e. The van der Waals surface area contributed by atoms with Gasteiger partial charge in [-0.05, 0) is 42.7 Å². The highest BCUT2D eigenvalue weighted by atomic mass is 19.1.